The lowest BCUT2D eigenvalue weighted by molar-refractivity contribution is 0.431. The van der Waals surface area contributed by atoms with E-state index in [1.807, 2.05) is 0 Å². The van der Waals surface area contributed by atoms with Crippen molar-refractivity contribution in [3.8, 4) is 0 Å². The van der Waals surface area contributed by atoms with Crippen LogP contribution in [-0.2, 0) is 15.3 Å². The number of guanidine groups is 1. The van der Waals surface area contributed by atoms with E-state index in [4.69, 9.17) is 0 Å². The van der Waals surface area contributed by atoms with Crippen molar-refractivity contribution in [1.82, 2.24) is 10.6 Å². The molecule has 1 aromatic rings. The summed E-state index contributed by atoms with van der Waals surface area (Å²) < 4.78 is 23.5. The zero-order valence-corrected chi connectivity index (χ0v) is 20.2. The Balaban J connectivity index is 0.00000338. The molecule has 0 aromatic heterocycles. The van der Waals surface area contributed by atoms with Crippen LogP contribution in [0, 0.1) is 0 Å². The summed E-state index contributed by atoms with van der Waals surface area (Å²) in [5, 5.41) is 6.65. The third kappa shape index (κ3) is 7.34. The fraction of sp³-hybridized carbons (Fsp3) is 0.611. The summed E-state index contributed by atoms with van der Waals surface area (Å²) >= 11 is 3.51. The van der Waals surface area contributed by atoms with E-state index in [0.717, 1.165) is 17.0 Å². The first kappa shape index (κ1) is 23.7. The van der Waals surface area contributed by atoms with E-state index in [9.17, 15) is 8.42 Å². The van der Waals surface area contributed by atoms with Gasteiger partial charge in [0, 0.05) is 36.3 Å². The molecular weight excluding hydrogens is 529 g/mol. The smallest absolute Gasteiger partial charge is 0.191 e. The standard InChI is InChI=1S/C18H28BrN3O2S.HI/c1-20-17(21-12-5-13-25(2,23)24)22-14-18(10-3-4-11-18)15-6-8-16(19)9-7-15;/h6-9H,3-5,10-14H2,1-2H3,(H2,20,21,22);1H. The number of benzene rings is 1. The van der Waals surface area contributed by atoms with Crippen LogP contribution in [0.1, 0.15) is 37.7 Å². The minimum absolute atomic E-state index is 0. The molecule has 148 valence electrons. The van der Waals surface area contributed by atoms with Gasteiger partial charge in [-0.1, -0.05) is 40.9 Å². The minimum Gasteiger partial charge on any atom is -0.356 e. The summed E-state index contributed by atoms with van der Waals surface area (Å²) in [6.45, 7) is 1.43. The van der Waals surface area contributed by atoms with Gasteiger partial charge >= 0.3 is 0 Å². The molecule has 5 nitrogen and oxygen atoms in total. The molecule has 1 aliphatic rings. The van der Waals surface area contributed by atoms with Crippen LogP contribution in [0.15, 0.2) is 33.7 Å². The first-order chi connectivity index (χ1) is 11.8. The molecule has 1 fully saturated rings. The topological polar surface area (TPSA) is 70.6 Å². The van der Waals surface area contributed by atoms with Crippen LogP contribution in [0.5, 0.6) is 0 Å². The third-order valence-corrected chi connectivity index (χ3v) is 6.38. The molecule has 0 saturated heterocycles. The molecule has 1 saturated carbocycles. The highest BCUT2D eigenvalue weighted by atomic mass is 127. The summed E-state index contributed by atoms with van der Waals surface area (Å²) in [5.74, 6) is 0.928. The van der Waals surface area contributed by atoms with Gasteiger partial charge in [0.2, 0.25) is 0 Å². The molecule has 0 aliphatic heterocycles. The Labute approximate surface area is 182 Å². The summed E-state index contributed by atoms with van der Waals surface area (Å²) in [7, 11) is -1.16. The van der Waals surface area contributed by atoms with Crippen LogP contribution in [0.3, 0.4) is 0 Å². The maximum atomic E-state index is 11.2. The Morgan fingerprint density at radius 3 is 2.35 bits per heavy atom. The number of sulfone groups is 1. The first-order valence-electron chi connectivity index (χ1n) is 8.73. The van der Waals surface area contributed by atoms with Gasteiger partial charge in [-0.25, -0.2) is 8.42 Å². The van der Waals surface area contributed by atoms with E-state index in [1.165, 1.54) is 37.5 Å². The van der Waals surface area contributed by atoms with Crippen LogP contribution in [-0.4, -0.2) is 46.5 Å². The Hall–Kier alpha value is -0.350. The van der Waals surface area contributed by atoms with Crippen molar-refractivity contribution in [1.29, 1.82) is 0 Å². The first-order valence-corrected chi connectivity index (χ1v) is 11.6. The predicted molar refractivity (Wildman–Crippen MR) is 123 cm³/mol. The number of rotatable bonds is 7. The molecule has 1 aromatic carbocycles. The van der Waals surface area contributed by atoms with Gasteiger partial charge in [-0.15, -0.1) is 24.0 Å². The quantitative estimate of drug-likeness (QED) is 0.233. The Kier molecular flexibility index (Phi) is 9.88. The second-order valence-corrected chi connectivity index (χ2v) is 10.0. The van der Waals surface area contributed by atoms with Gasteiger partial charge in [0.05, 0.1) is 5.75 Å². The van der Waals surface area contributed by atoms with Crippen molar-refractivity contribution in [2.24, 2.45) is 4.99 Å². The summed E-state index contributed by atoms with van der Waals surface area (Å²) in [6.07, 6.45) is 6.69. The van der Waals surface area contributed by atoms with Crippen LogP contribution in [0.2, 0.25) is 0 Å². The lowest BCUT2D eigenvalue weighted by Gasteiger charge is -2.31. The molecule has 0 radical (unpaired) electrons. The highest BCUT2D eigenvalue weighted by Gasteiger charge is 2.35. The van der Waals surface area contributed by atoms with Gasteiger partial charge in [-0.2, -0.15) is 0 Å². The molecule has 0 amide bonds. The van der Waals surface area contributed by atoms with Crippen molar-refractivity contribution >= 4 is 55.7 Å². The predicted octanol–water partition coefficient (Wildman–Crippen LogP) is 3.48. The molecule has 0 heterocycles. The van der Waals surface area contributed by atoms with Crippen LogP contribution < -0.4 is 10.6 Å². The molecule has 1 aliphatic carbocycles. The van der Waals surface area contributed by atoms with E-state index < -0.39 is 9.84 Å². The maximum Gasteiger partial charge on any atom is 0.191 e. The van der Waals surface area contributed by atoms with Gasteiger partial charge in [0.25, 0.3) is 0 Å². The van der Waals surface area contributed by atoms with Crippen molar-refractivity contribution in [2.75, 3.05) is 32.1 Å². The van der Waals surface area contributed by atoms with Gasteiger partial charge in [0.1, 0.15) is 9.84 Å². The lowest BCUT2D eigenvalue weighted by Crippen LogP contribution is -2.45. The molecule has 26 heavy (non-hydrogen) atoms. The Morgan fingerprint density at radius 1 is 1.19 bits per heavy atom. The second kappa shape index (κ2) is 10.8. The van der Waals surface area contributed by atoms with Gasteiger partial charge < -0.3 is 10.6 Å². The lowest BCUT2D eigenvalue weighted by atomic mass is 9.79. The van der Waals surface area contributed by atoms with E-state index in [0.29, 0.717) is 13.0 Å². The third-order valence-electron chi connectivity index (χ3n) is 4.82. The zero-order chi connectivity index (χ0) is 18.3. The number of aliphatic imine (C=N–C) groups is 1. The number of nitrogens with zero attached hydrogens (tertiary/aromatic N) is 1. The van der Waals surface area contributed by atoms with Crippen molar-refractivity contribution in [2.45, 2.75) is 37.5 Å². The number of hydrogen-bond donors (Lipinski definition) is 2. The van der Waals surface area contributed by atoms with Gasteiger partial charge in [0.15, 0.2) is 5.96 Å². The Bertz CT molecular complexity index is 687. The number of halogens is 2. The molecular formula is C18H29BrIN3O2S. The normalized spacial score (nSPS) is 16.8. The van der Waals surface area contributed by atoms with E-state index in [1.54, 1.807) is 7.05 Å². The molecule has 0 atom stereocenters. The second-order valence-electron chi connectivity index (χ2n) is 6.83. The van der Waals surface area contributed by atoms with Crippen molar-refractivity contribution in [3.63, 3.8) is 0 Å². The molecule has 0 bridgehead atoms. The average molecular weight is 558 g/mol. The summed E-state index contributed by atoms with van der Waals surface area (Å²) in [6, 6.07) is 8.63. The highest BCUT2D eigenvalue weighted by molar-refractivity contribution is 14.0. The monoisotopic (exact) mass is 557 g/mol. The number of nitrogens with one attached hydrogen (secondary N) is 2. The summed E-state index contributed by atoms with van der Waals surface area (Å²) in [4.78, 5) is 4.26. The van der Waals surface area contributed by atoms with Crippen LogP contribution >= 0.6 is 39.9 Å². The van der Waals surface area contributed by atoms with Crippen LogP contribution in [0.25, 0.3) is 0 Å². The van der Waals surface area contributed by atoms with Crippen LogP contribution in [0.4, 0.5) is 0 Å². The molecule has 0 spiro atoms. The van der Waals surface area contributed by atoms with Gasteiger partial charge in [-0.3, -0.25) is 4.99 Å². The van der Waals surface area contributed by atoms with Gasteiger partial charge in [-0.05, 0) is 37.0 Å². The largest absolute Gasteiger partial charge is 0.356 e. The average Bonchev–Trinajstić information content (AvgIpc) is 3.04. The molecule has 8 heteroatoms. The number of hydrogen-bond acceptors (Lipinski definition) is 3. The highest BCUT2D eigenvalue weighted by Crippen LogP contribution is 2.40. The maximum absolute atomic E-state index is 11.2. The summed E-state index contributed by atoms with van der Waals surface area (Å²) in [5.41, 5.74) is 1.51. The minimum atomic E-state index is -2.91. The Morgan fingerprint density at radius 2 is 1.81 bits per heavy atom. The van der Waals surface area contributed by atoms with Crippen molar-refractivity contribution < 1.29 is 8.42 Å². The fourth-order valence-corrected chi connectivity index (χ4v) is 4.37. The molecule has 0 unspecified atom stereocenters. The molecule has 2 rings (SSSR count). The fourth-order valence-electron chi connectivity index (χ4n) is 3.44. The van der Waals surface area contributed by atoms with E-state index in [2.05, 4.69) is 55.8 Å². The van der Waals surface area contributed by atoms with E-state index in [-0.39, 0.29) is 35.1 Å². The van der Waals surface area contributed by atoms with Crippen molar-refractivity contribution in [3.05, 3.63) is 34.3 Å². The van der Waals surface area contributed by atoms with E-state index >= 15 is 0 Å². The SMILES string of the molecule is CN=C(NCCCS(C)(=O)=O)NCC1(c2ccc(Br)cc2)CCCC1.I. The molecule has 2 N–H and O–H groups in total. The zero-order valence-electron chi connectivity index (χ0n) is 15.4.